The summed E-state index contributed by atoms with van der Waals surface area (Å²) in [5.74, 6) is 4.05. The molecule has 0 aromatic rings. The van der Waals surface area contributed by atoms with Crippen molar-refractivity contribution in [1.29, 1.82) is 0 Å². The van der Waals surface area contributed by atoms with Crippen molar-refractivity contribution in [3.8, 4) is 0 Å². The maximum absolute atomic E-state index is 11.4. The first kappa shape index (κ1) is 22.1. The van der Waals surface area contributed by atoms with Gasteiger partial charge < -0.3 is 10.2 Å². The quantitative estimate of drug-likeness (QED) is 0.568. The molecule has 4 saturated carbocycles. The topological polar surface area (TPSA) is 40.5 Å². The molecule has 10 atom stereocenters. The van der Waals surface area contributed by atoms with Crippen molar-refractivity contribution in [2.75, 3.05) is 0 Å². The monoisotopic (exact) mass is 404 g/mol. The van der Waals surface area contributed by atoms with Crippen molar-refractivity contribution in [1.82, 2.24) is 0 Å². The highest BCUT2D eigenvalue weighted by Gasteiger charge is 2.62. The van der Waals surface area contributed by atoms with Gasteiger partial charge in [0.05, 0.1) is 12.2 Å². The van der Waals surface area contributed by atoms with Crippen molar-refractivity contribution < 1.29 is 10.2 Å². The van der Waals surface area contributed by atoms with E-state index in [9.17, 15) is 10.2 Å². The van der Waals surface area contributed by atoms with E-state index in [1.54, 1.807) is 0 Å². The van der Waals surface area contributed by atoms with E-state index in [0.29, 0.717) is 39.9 Å². The second-order valence-corrected chi connectivity index (χ2v) is 13.5. The molecule has 0 spiro atoms. The summed E-state index contributed by atoms with van der Waals surface area (Å²) in [7, 11) is 0. The maximum Gasteiger partial charge on any atom is 0.0577 e. The number of rotatable bonds is 3. The number of hydrogen-bond donors (Lipinski definition) is 2. The molecule has 4 fully saturated rings. The normalized spacial score (nSPS) is 51.1. The number of fused-ring (bicyclic) bond motifs is 5. The summed E-state index contributed by atoms with van der Waals surface area (Å²) >= 11 is 0. The molecule has 29 heavy (non-hydrogen) atoms. The van der Waals surface area contributed by atoms with Gasteiger partial charge in [0.1, 0.15) is 0 Å². The van der Waals surface area contributed by atoms with Crippen LogP contribution in [0.25, 0.3) is 0 Å². The first-order valence-corrected chi connectivity index (χ1v) is 12.8. The van der Waals surface area contributed by atoms with Gasteiger partial charge in [-0.05, 0) is 116 Å². The molecule has 0 amide bonds. The predicted molar refractivity (Wildman–Crippen MR) is 120 cm³/mol. The highest BCUT2D eigenvalue weighted by atomic mass is 16.3. The van der Waals surface area contributed by atoms with E-state index < -0.39 is 0 Å². The fraction of sp³-hybridized carbons (Fsp3) is 1.00. The summed E-state index contributed by atoms with van der Waals surface area (Å²) in [6.45, 7) is 14.8. The zero-order valence-corrected chi connectivity index (χ0v) is 20.1. The van der Waals surface area contributed by atoms with Crippen molar-refractivity contribution in [3.63, 3.8) is 0 Å². The number of aliphatic hydroxyl groups is 2. The zero-order valence-electron chi connectivity index (χ0n) is 20.1. The van der Waals surface area contributed by atoms with Gasteiger partial charge in [0.2, 0.25) is 0 Å². The minimum absolute atomic E-state index is 0.134. The molecule has 0 bridgehead atoms. The largest absolute Gasteiger partial charge is 0.393 e. The Morgan fingerprint density at radius 3 is 2.24 bits per heavy atom. The summed E-state index contributed by atoms with van der Waals surface area (Å²) in [5, 5.41) is 21.6. The molecule has 4 rings (SSSR count). The highest BCUT2D eigenvalue weighted by molar-refractivity contribution is 5.11. The smallest absolute Gasteiger partial charge is 0.0577 e. The Labute approximate surface area is 180 Å². The molecule has 2 nitrogen and oxygen atoms in total. The highest BCUT2D eigenvalue weighted by Crippen LogP contribution is 2.68. The van der Waals surface area contributed by atoms with Gasteiger partial charge in [-0.25, -0.2) is 0 Å². The molecule has 0 saturated heterocycles. The van der Waals surface area contributed by atoms with Crippen LogP contribution in [0.4, 0.5) is 0 Å². The molecular weight excluding hydrogens is 356 g/mol. The fourth-order valence-corrected chi connectivity index (χ4v) is 9.04. The van der Waals surface area contributed by atoms with Crippen LogP contribution in [-0.4, -0.2) is 22.4 Å². The van der Waals surface area contributed by atoms with Crippen LogP contribution >= 0.6 is 0 Å². The SMILES string of the molecule is C[C@H](CCC(C)(C)C)C1CCC2C3C(CC[C@@]21C)[C@@]1(C)CC[C@@H](O)C[C@H]1C[C@@H]3O. The Morgan fingerprint density at radius 1 is 0.897 bits per heavy atom. The van der Waals surface area contributed by atoms with Crippen molar-refractivity contribution >= 4 is 0 Å². The van der Waals surface area contributed by atoms with Gasteiger partial charge in [-0.15, -0.1) is 0 Å². The Kier molecular flexibility index (Phi) is 5.73. The molecule has 0 aromatic carbocycles. The lowest BCUT2D eigenvalue weighted by molar-refractivity contribution is -0.174. The van der Waals surface area contributed by atoms with Gasteiger partial charge in [0.25, 0.3) is 0 Å². The Balaban J connectivity index is 1.53. The van der Waals surface area contributed by atoms with Crippen LogP contribution in [0, 0.1) is 51.8 Å². The van der Waals surface area contributed by atoms with E-state index in [-0.39, 0.29) is 12.2 Å². The van der Waals surface area contributed by atoms with Crippen LogP contribution in [-0.2, 0) is 0 Å². The third kappa shape index (κ3) is 3.73. The molecular formula is C27H48O2. The number of hydrogen-bond acceptors (Lipinski definition) is 2. The van der Waals surface area contributed by atoms with Gasteiger partial charge in [-0.1, -0.05) is 41.5 Å². The third-order valence-corrected chi connectivity index (χ3v) is 10.8. The van der Waals surface area contributed by atoms with Crippen LogP contribution in [0.15, 0.2) is 0 Å². The molecule has 168 valence electrons. The lowest BCUT2D eigenvalue weighted by atomic mass is 9.43. The lowest BCUT2D eigenvalue weighted by Gasteiger charge is -2.62. The summed E-state index contributed by atoms with van der Waals surface area (Å²) in [4.78, 5) is 0. The van der Waals surface area contributed by atoms with Gasteiger partial charge in [-0.2, -0.15) is 0 Å². The second-order valence-electron chi connectivity index (χ2n) is 13.5. The molecule has 4 aliphatic rings. The van der Waals surface area contributed by atoms with E-state index in [1.165, 1.54) is 44.9 Å². The summed E-state index contributed by atoms with van der Waals surface area (Å²) in [6.07, 6.45) is 11.8. The molecule has 4 aliphatic carbocycles. The molecule has 2 N–H and O–H groups in total. The average Bonchev–Trinajstić information content (AvgIpc) is 2.98. The summed E-state index contributed by atoms with van der Waals surface area (Å²) in [6, 6.07) is 0. The molecule has 0 aromatic heterocycles. The van der Waals surface area contributed by atoms with Crippen molar-refractivity contribution in [2.24, 2.45) is 51.8 Å². The zero-order chi connectivity index (χ0) is 21.2. The Hall–Kier alpha value is -0.0800. The molecule has 0 heterocycles. The maximum atomic E-state index is 11.4. The van der Waals surface area contributed by atoms with Crippen LogP contribution in [0.5, 0.6) is 0 Å². The minimum atomic E-state index is -0.142. The van der Waals surface area contributed by atoms with Crippen LogP contribution < -0.4 is 0 Å². The van der Waals surface area contributed by atoms with E-state index in [0.717, 1.165) is 31.1 Å². The van der Waals surface area contributed by atoms with Crippen LogP contribution in [0.2, 0.25) is 0 Å². The van der Waals surface area contributed by atoms with Gasteiger partial charge in [-0.3, -0.25) is 0 Å². The van der Waals surface area contributed by atoms with Crippen molar-refractivity contribution in [3.05, 3.63) is 0 Å². The van der Waals surface area contributed by atoms with Crippen LogP contribution in [0.3, 0.4) is 0 Å². The first-order valence-electron chi connectivity index (χ1n) is 12.8. The minimum Gasteiger partial charge on any atom is -0.393 e. The van der Waals surface area contributed by atoms with E-state index in [4.69, 9.17) is 0 Å². The van der Waals surface area contributed by atoms with Crippen LogP contribution in [0.1, 0.15) is 106 Å². The van der Waals surface area contributed by atoms with Gasteiger partial charge in [0, 0.05) is 0 Å². The lowest BCUT2D eigenvalue weighted by Crippen LogP contribution is -2.58. The molecule has 2 heteroatoms. The van der Waals surface area contributed by atoms with Gasteiger partial charge in [0.15, 0.2) is 0 Å². The first-order chi connectivity index (χ1) is 13.5. The van der Waals surface area contributed by atoms with E-state index in [2.05, 4.69) is 41.5 Å². The van der Waals surface area contributed by atoms with E-state index >= 15 is 0 Å². The predicted octanol–water partition coefficient (Wildman–Crippen LogP) is 6.44. The number of aliphatic hydroxyl groups excluding tert-OH is 2. The average molecular weight is 405 g/mol. The fourth-order valence-electron chi connectivity index (χ4n) is 9.04. The summed E-state index contributed by atoms with van der Waals surface area (Å²) < 4.78 is 0. The van der Waals surface area contributed by atoms with Gasteiger partial charge >= 0.3 is 0 Å². The molecule has 0 radical (unpaired) electrons. The standard InChI is InChI=1S/C27H48O2/c1-17(9-12-25(2,3)4)20-7-8-21-24-22(11-14-27(20,21)6)26(5)13-10-19(28)15-18(26)16-23(24)29/h17-24,28-29H,7-16H2,1-6H3/t17-,18+,19-,20?,21?,22?,23+,24?,26+,27-/m1/s1. The van der Waals surface area contributed by atoms with E-state index in [1.807, 2.05) is 0 Å². The Morgan fingerprint density at radius 2 is 1.55 bits per heavy atom. The second kappa shape index (κ2) is 7.51. The third-order valence-electron chi connectivity index (χ3n) is 10.8. The molecule has 0 aliphatic heterocycles. The Bertz CT molecular complexity index is 594. The summed E-state index contributed by atoms with van der Waals surface area (Å²) in [5.41, 5.74) is 1.21. The van der Waals surface area contributed by atoms with Crippen molar-refractivity contribution in [2.45, 2.75) is 118 Å². The molecule has 4 unspecified atom stereocenters.